The molecule has 126 valence electrons. The van der Waals surface area contributed by atoms with Gasteiger partial charge in [-0.25, -0.2) is 0 Å². The number of carbonyl (C=O) groups excluding carboxylic acids is 1. The number of rotatable bonds is 7. The van der Waals surface area contributed by atoms with E-state index >= 15 is 0 Å². The van der Waals surface area contributed by atoms with Crippen LogP contribution in [0, 0.1) is 0 Å². The zero-order chi connectivity index (χ0) is 16.9. The van der Waals surface area contributed by atoms with Gasteiger partial charge in [-0.05, 0) is 17.9 Å². The van der Waals surface area contributed by atoms with E-state index in [0.29, 0.717) is 18.1 Å². The molecule has 0 unspecified atom stereocenters. The van der Waals surface area contributed by atoms with Crippen molar-refractivity contribution in [2.45, 2.75) is 39.7 Å². The maximum atomic E-state index is 12.2. The van der Waals surface area contributed by atoms with Crippen molar-refractivity contribution in [2.24, 2.45) is 0 Å². The van der Waals surface area contributed by atoms with Crippen molar-refractivity contribution in [3.05, 3.63) is 39.7 Å². The SMILES string of the molecule is CCc1noc(CC)c1CC(=O)NCc1noc(-c2ccsc2)n1. The smallest absolute Gasteiger partial charge is 0.258 e. The van der Waals surface area contributed by atoms with Crippen LogP contribution in [0.15, 0.2) is 25.9 Å². The van der Waals surface area contributed by atoms with Gasteiger partial charge >= 0.3 is 0 Å². The Morgan fingerprint density at radius 3 is 2.83 bits per heavy atom. The molecule has 0 saturated carbocycles. The molecule has 0 saturated heterocycles. The Kier molecular flexibility index (Phi) is 5.05. The zero-order valence-electron chi connectivity index (χ0n) is 13.5. The van der Waals surface area contributed by atoms with Gasteiger partial charge in [-0.2, -0.15) is 16.3 Å². The molecule has 0 aliphatic heterocycles. The summed E-state index contributed by atoms with van der Waals surface area (Å²) in [5.74, 6) is 1.55. The van der Waals surface area contributed by atoms with E-state index in [1.165, 1.54) is 0 Å². The van der Waals surface area contributed by atoms with Gasteiger partial charge in [0.2, 0.25) is 5.91 Å². The molecule has 8 heteroatoms. The van der Waals surface area contributed by atoms with Crippen LogP contribution in [0.3, 0.4) is 0 Å². The number of nitrogens with one attached hydrogen (secondary N) is 1. The normalized spacial score (nSPS) is 10.9. The Morgan fingerprint density at radius 1 is 1.25 bits per heavy atom. The first kappa shape index (κ1) is 16.4. The molecule has 0 fully saturated rings. The first-order valence-corrected chi connectivity index (χ1v) is 8.73. The summed E-state index contributed by atoms with van der Waals surface area (Å²) in [4.78, 5) is 16.5. The molecule has 0 atom stereocenters. The zero-order valence-corrected chi connectivity index (χ0v) is 14.4. The summed E-state index contributed by atoms with van der Waals surface area (Å²) in [6.45, 7) is 4.19. The van der Waals surface area contributed by atoms with Crippen LogP contribution in [-0.4, -0.2) is 21.2 Å². The second kappa shape index (κ2) is 7.39. The maximum Gasteiger partial charge on any atom is 0.258 e. The van der Waals surface area contributed by atoms with Crippen LogP contribution in [0.1, 0.15) is 36.7 Å². The lowest BCUT2D eigenvalue weighted by Gasteiger charge is -2.03. The number of aromatic nitrogens is 3. The first-order chi connectivity index (χ1) is 11.7. The van der Waals surface area contributed by atoms with E-state index in [9.17, 15) is 4.79 Å². The average Bonchev–Trinajstić information content (AvgIpc) is 3.32. The van der Waals surface area contributed by atoms with Crippen LogP contribution < -0.4 is 5.32 Å². The monoisotopic (exact) mass is 346 g/mol. The fourth-order valence-electron chi connectivity index (χ4n) is 2.37. The molecule has 1 amide bonds. The number of hydrogen-bond acceptors (Lipinski definition) is 7. The van der Waals surface area contributed by atoms with Crippen molar-refractivity contribution in [1.82, 2.24) is 20.6 Å². The highest BCUT2D eigenvalue weighted by Crippen LogP contribution is 2.20. The molecule has 3 heterocycles. The number of aryl methyl sites for hydroxylation is 2. The highest BCUT2D eigenvalue weighted by molar-refractivity contribution is 7.08. The van der Waals surface area contributed by atoms with Gasteiger partial charge in [-0.15, -0.1) is 0 Å². The van der Waals surface area contributed by atoms with Crippen LogP contribution in [0.25, 0.3) is 11.5 Å². The lowest BCUT2D eigenvalue weighted by molar-refractivity contribution is -0.120. The minimum Gasteiger partial charge on any atom is -0.361 e. The van der Waals surface area contributed by atoms with Crippen molar-refractivity contribution in [3.8, 4) is 11.5 Å². The van der Waals surface area contributed by atoms with E-state index in [1.807, 2.05) is 30.7 Å². The fourth-order valence-corrected chi connectivity index (χ4v) is 3.00. The second-order valence-corrected chi connectivity index (χ2v) is 6.00. The molecule has 3 aromatic rings. The number of amides is 1. The first-order valence-electron chi connectivity index (χ1n) is 7.79. The van der Waals surface area contributed by atoms with Gasteiger partial charge in [-0.1, -0.05) is 24.2 Å². The van der Waals surface area contributed by atoms with Crippen LogP contribution in [0.4, 0.5) is 0 Å². The summed E-state index contributed by atoms with van der Waals surface area (Å²) < 4.78 is 10.5. The molecular weight excluding hydrogens is 328 g/mol. The van der Waals surface area contributed by atoms with Crippen LogP contribution in [0.2, 0.25) is 0 Å². The fraction of sp³-hybridized carbons (Fsp3) is 0.375. The number of hydrogen-bond donors (Lipinski definition) is 1. The molecule has 7 nitrogen and oxygen atoms in total. The van der Waals surface area contributed by atoms with Gasteiger partial charge in [0.05, 0.1) is 24.2 Å². The van der Waals surface area contributed by atoms with E-state index in [0.717, 1.165) is 29.0 Å². The predicted molar refractivity (Wildman–Crippen MR) is 88.4 cm³/mol. The van der Waals surface area contributed by atoms with E-state index in [4.69, 9.17) is 9.05 Å². The topological polar surface area (TPSA) is 94.1 Å². The molecule has 0 aliphatic carbocycles. The predicted octanol–water partition coefficient (Wildman–Crippen LogP) is 2.77. The van der Waals surface area contributed by atoms with Crippen molar-refractivity contribution < 1.29 is 13.8 Å². The average molecular weight is 346 g/mol. The minimum atomic E-state index is -0.121. The standard InChI is InChI=1S/C16H18N4O3S/c1-3-12-11(13(4-2)22-19-12)7-15(21)17-8-14-18-16(23-20-14)10-5-6-24-9-10/h5-6,9H,3-4,7-8H2,1-2H3,(H,17,21). The van der Waals surface area contributed by atoms with Gasteiger partial charge in [0, 0.05) is 17.4 Å². The number of thiophene rings is 1. The van der Waals surface area contributed by atoms with Gasteiger partial charge in [0.25, 0.3) is 5.89 Å². The van der Waals surface area contributed by atoms with E-state index in [1.54, 1.807) is 11.3 Å². The van der Waals surface area contributed by atoms with Crippen LogP contribution in [0.5, 0.6) is 0 Å². The highest BCUT2D eigenvalue weighted by atomic mass is 32.1. The van der Waals surface area contributed by atoms with E-state index in [-0.39, 0.29) is 18.9 Å². The summed E-state index contributed by atoms with van der Waals surface area (Å²) in [7, 11) is 0. The van der Waals surface area contributed by atoms with Gasteiger partial charge in [-0.3, -0.25) is 4.79 Å². The Balaban J connectivity index is 1.59. The molecule has 3 rings (SSSR count). The van der Waals surface area contributed by atoms with Crippen molar-refractivity contribution in [3.63, 3.8) is 0 Å². The summed E-state index contributed by atoms with van der Waals surface area (Å²) in [6, 6.07) is 1.91. The molecule has 1 N–H and O–H groups in total. The number of carbonyl (C=O) groups is 1. The van der Waals surface area contributed by atoms with Gasteiger partial charge in [0.15, 0.2) is 5.82 Å². The summed E-state index contributed by atoms with van der Waals surface area (Å²) in [5.41, 5.74) is 2.60. The molecule has 0 bridgehead atoms. The molecule has 0 spiro atoms. The van der Waals surface area contributed by atoms with Gasteiger partial charge < -0.3 is 14.4 Å². The number of nitrogens with zero attached hydrogens (tertiary/aromatic N) is 3. The lowest BCUT2D eigenvalue weighted by Crippen LogP contribution is -2.25. The third kappa shape index (κ3) is 3.53. The van der Waals surface area contributed by atoms with Crippen molar-refractivity contribution in [1.29, 1.82) is 0 Å². The largest absolute Gasteiger partial charge is 0.361 e. The third-order valence-corrected chi connectivity index (χ3v) is 4.31. The Hall–Kier alpha value is -2.48. The molecule has 0 aromatic carbocycles. The quantitative estimate of drug-likeness (QED) is 0.707. The summed E-state index contributed by atoms with van der Waals surface area (Å²) in [6.07, 6.45) is 1.69. The summed E-state index contributed by atoms with van der Waals surface area (Å²) in [5, 5.41) is 14.6. The Bertz CT molecular complexity index is 786. The molecule has 0 radical (unpaired) electrons. The molecular formula is C16H18N4O3S. The van der Waals surface area contributed by atoms with E-state index < -0.39 is 0 Å². The maximum absolute atomic E-state index is 12.2. The molecule has 0 aliphatic rings. The van der Waals surface area contributed by atoms with Crippen LogP contribution in [-0.2, 0) is 30.6 Å². The van der Waals surface area contributed by atoms with E-state index in [2.05, 4.69) is 20.6 Å². The Morgan fingerprint density at radius 2 is 2.12 bits per heavy atom. The van der Waals surface area contributed by atoms with Gasteiger partial charge in [0.1, 0.15) is 5.76 Å². The van der Waals surface area contributed by atoms with Crippen molar-refractivity contribution in [2.75, 3.05) is 0 Å². The molecule has 24 heavy (non-hydrogen) atoms. The molecule has 3 aromatic heterocycles. The summed E-state index contributed by atoms with van der Waals surface area (Å²) >= 11 is 1.56. The lowest BCUT2D eigenvalue weighted by atomic mass is 10.1. The van der Waals surface area contributed by atoms with Crippen LogP contribution >= 0.6 is 11.3 Å². The van der Waals surface area contributed by atoms with Crippen molar-refractivity contribution >= 4 is 17.2 Å². The third-order valence-electron chi connectivity index (χ3n) is 3.62. The highest BCUT2D eigenvalue weighted by Gasteiger charge is 2.17. The minimum absolute atomic E-state index is 0.121. The second-order valence-electron chi connectivity index (χ2n) is 5.22. The Labute approximate surface area is 143 Å².